The van der Waals surface area contributed by atoms with Gasteiger partial charge in [0.1, 0.15) is 0 Å². The number of fused-ring (bicyclic) bond motifs is 1. The second-order valence-electron chi connectivity index (χ2n) is 7.79. The molecule has 30 heavy (non-hydrogen) atoms. The summed E-state index contributed by atoms with van der Waals surface area (Å²) in [6.45, 7) is 0. The summed E-state index contributed by atoms with van der Waals surface area (Å²) in [4.78, 5) is 30.6. The van der Waals surface area contributed by atoms with Crippen molar-refractivity contribution in [2.24, 2.45) is 0 Å². The van der Waals surface area contributed by atoms with E-state index in [2.05, 4.69) is 5.32 Å². The number of ether oxygens (including phenoxy) is 1. The molecule has 0 bridgehead atoms. The number of hydrogen-bond acceptors (Lipinski definition) is 4. The van der Waals surface area contributed by atoms with Crippen LogP contribution in [0.2, 0.25) is 0 Å². The van der Waals surface area contributed by atoms with Gasteiger partial charge in [0.2, 0.25) is 0 Å². The summed E-state index contributed by atoms with van der Waals surface area (Å²) in [6.07, 6.45) is 5.84. The van der Waals surface area contributed by atoms with Gasteiger partial charge in [-0.25, -0.2) is 4.79 Å². The number of nitrogens with one attached hydrogen (secondary N) is 1. The zero-order valence-corrected chi connectivity index (χ0v) is 17.1. The molecule has 0 saturated heterocycles. The number of pyridine rings is 1. The Morgan fingerprint density at radius 3 is 2.43 bits per heavy atom. The zero-order valence-electron chi connectivity index (χ0n) is 17.1. The van der Waals surface area contributed by atoms with Crippen LogP contribution in [0.3, 0.4) is 0 Å². The summed E-state index contributed by atoms with van der Waals surface area (Å²) in [5.74, 6) is -0.425. The molecule has 0 unspecified atom stereocenters. The Morgan fingerprint density at radius 1 is 1.00 bits per heavy atom. The fourth-order valence-electron chi connectivity index (χ4n) is 4.24. The highest BCUT2D eigenvalue weighted by Crippen LogP contribution is 2.33. The first kappa shape index (κ1) is 20.1. The topological polar surface area (TPSA) is 68.3 Å². The molecule has 1 aromatic heterocycles. The van der Waals surface area contributed by atoms with Crippen LogP contribution in [-0.2, 0) is 9.53 Å². The number of methoxy groups -OCH3 is 1. The molecule has 1 saturated carbocycles. The fourth-order valence-corrected chi connectivity index (χ4v) is 4.24. The minimum Gasteiger partial charge on any atom is -0.467 e. The van der Waals surface area contributed by atoms with Crippen LogP contribution < -0.4 is 5.32 Å². The Bertz CT molecular complexity index is 1040. The number of rotatable bonds is 5. The van der Waals surface area contributed by atoms with Crippen LogP contribution in [0.5, 0.6) is 0 Å². The van der Waals surface area contributed by atoms with Gasteiger partial charge in [0.25, 0.3) is 5.91 Å². The molecule has 4 rings (SSSR count). The van der Waals surface area contributed by atoms with Crippen molar-refractivity contribution in [3.05, 3.63) is 77.5 Å². The standard InChI is InChI=1S/C25H26N2O3/c1-30-25(29)23(18-12-6-3-7-13-18)27-24(28)20-16-22(17-10-4-2-5-11-17)26-21-15-9-8-14-19(20)21/h3,6-9,12-17,23H,2,4-5,10-11H2,1H3,(H,27,28)/t23-/m1/s1. The molecule has 0 aliphatic heterocycles. The molecule has 3 aromatic rings. The van der Waals surface area contributed by atoms with Gasteiger partial charge in [0.05, 0.1) is 18.2 Å². The van der Waals surface area contributed by atoms with E-state index >= 15 is 0 Å². The van der Waals surface area contributed by atoms with Crippen molar-refractivity contribution in [2.75, 3.05) is 7.11 Å². The van der Waals surface area contributed by atoms with Gasteiger partial charge in [-0.1, -0.05) is 67.8 Å². The van der Waals surface area contributed by atoms with E-state index in [1.165, 1.54) is 26.4 Å². The molecule has 5 nitrogen and oxygen atoms in total. The van der Waals surface area contributed by atoms with Gasteiger partial charge in [0, 0.05) is 17.0 Å². The summed E-state index contributed by atoms with van der Waals surface area (Å²) in [5, 5.41) is 3.66. The van der Waals surface area contributed by atoms with E-state index in [-0.39, 0.29) is 5.91 Å². The third kappa shape index (κ3) is 4.20. The number of para-hydroxylation sites is 1. The van der Waals surface area contributed by atoms with Crippen molar-refractivity contribution >= 4 is 22.8 Å². The molecular weight excluding hydrogens is 376 g/mol. The van der Waals surface area contributed by atoms with Gasteiger partial charge in [0.15, 0.2) is 6.04 Å². The predicted octanol–water partition coefficient (Wildman–Crippen LogP) is 4.93. The number of carbonyl (C=O) groups excluding carboxylic acids is 2. The number of hydrogen-bond donors (Lipinski definition) is 1. The number of amides is 1. The Kier molecular flexibility index (Phi) is 6.07. The van der Waals surface area contributed by atoms with E-state index in [0.717, 1.165) is 29.4 Å². The van der Waals surface area contributed by atoms with Gasteiger partial charge < -0.3 is 10.1 Å². The van der Waals surface area contributed by atoms with Crippen LogP contribution in [0.15, 0.2) is 60.7 Å². The smallest absolute Gasteiger partial charge is 0.333 e. The third-order valence-electron chi connectivity index (χ3n) is 5.85. The first-order valence-corrected chi connectivity index (χ1v) is 10.5. The largest absolute Gasteiger partial charge is 0.467 e. The lowest BCUT2D eigenvalue weighted by Gasteiger charge is -2.23. The van der Waals surface area contributed by atoms with Crippen LogP contribution in [0, 0.1) is 0 Å². The van der Waals surface area contributed by atoms with Crippen molar-refractivity contribution in [3.63, 3.8) is 0 Å². The summed E-state index contributed by atoms with van der Waals surface area (Å²) in [6, 6.07) is 17.9. The van der Waals surface area contributed by atoms with Crippen LogP contribution >= 0.6 is 0 Å². The minimum atomic E-state index is -0.867. The number of aromatic nitrogens is 1. The van der Waals surface area contributed by atoms with Crippen LogP contribution in [0.1, 0.15) is 65.7 Å². The SMILES string of the molecule is COC(=O)[C@H](NC(=O)c1cc(C2CCCCC2)nc2ccccc12)c1ccccc1. The highest BCUT2D eigenvalue weighted by atomic mass is 16.5. The Hall–Kier alpha value is -3.21. The predicted molar refractivity (Wildman–Crippen MR) is 116 cm³/mol. The number of nitrogens with zero attached hydrogens (tertiary/aromatic N) is 1. The maximum atomic E-state index is 13.4. The summed E-state index contributed by atoms with van der Waals surface area (Å²) in [7, 11) is 1.33. The Balaban J connectivity index is 1.71. The van der Waals surface area contributed by atoms with Gasteiger partial charge in [-0.3, -0.25) is 9.78 Å². The van der Waals surface area contributed by atoms with Gasteiger partial charge >= 0.3 is 5.97 Å². The first-order chi connectivity index (χ1) is 14.7. The lowest BCUT2D eigenvalue weighted by Crippen LogP contribution is -2.34. The van der Waals surface area contributed by atoms with E-state index in [4.69, 9.17) is 9.72 Å². The number of carbonyl (C=O) groups is 2. The van der Waals surface area contributed by atoms with E-state index < -0.39 is 12.0 Å². The average molecular weight is 402 g/mol. The molecule has 2 aromatic carbocycles. The van der Waals surface area contributed by atoms with Crippen molar-refractivity contribution < 1.29 is 14.3 Å². The van der Waals surface area contributed by atoms with Crippen molar-refractivity contribution in [3.8, 4) is 0 Å². The molecule has 1 N–H and O–H groups in total. The molecular formula is C25H26N2O3. The Labute approximate surface area is 176 Å². The van der Waals surface area contributed by atoms with E-state index in [1.54, 1.807) is 12.1 Å². The quantitative estimate of drug-likeness (QED) is 0.615. The fraction of sp³-hybridized carbons (Fsp3) is 0.320. The molecule has 0 radical (unpaired) electrons. The molecule has 154 valence electrons. The highest BCUT2D eigenvalue weighted by molar-refractivity contribution is 6.07. The van der Waals surface area contributed by atoms with Gasteiger partial charge in [-0.2, -0.15) is 0 Å². The second-order valence-corrected chi connectivity index (χ2v) is 7.79. The molecule has 1 amide bonds. The normalized spacial score (nSPS) is 15.5. The maximum absolute atomic E-state index is 13.4. The monoisotopic (exact) mass is 402 g/mol. The lowest BCUT2D eigenvalue weighted by molar-refractivity contribution is -0.143. The first-order valence-electron chi connectivity index (χ1n) is 10.5. The van der Waals surface area contributed by atoms with Crippen molar-refractivity contribution in [1.82, 2.24) is 10.3 Å². The molecule has 5 heteroatoms. The van der Waals surface area contributed by atoms with Crippen LogP contribution in [0.4, 0.5) is 0 Å². The molecule has 1 heterocycles. The van der Waals surface area contributed by atoms with E-state index in [0.29, 0.717) is 17.0 Å². The van der Waals surface area contributed by atoms with Gasteiger partial charge in [-0.15, -0.1) is 0 Å². The molecule has 0 spiro atoms. The number of esters is 1. The highest BCUT2D eigenvalue weighted by Gasteiger charge is 2.26. The summed E-state index contributed by atoms with van der Waals surface area (Å²) >= 11 is 0. The second kappa shape index (κ2) is 9.08. The maximum Gasteiger partial charge on any atom is 0.333 e. The summed E-state index contributed by atoms with van der Waals surface area (Å²) < 4.78 is 4.94. The number of benzene rings is 2. The van der Waals surface area contributed by atoms with Gasteiger partial charge in [-0.05, 0) is 30.5 Å². The van der Waals surface area contributed by atoms with E-state index in [9.17, 15) is 9.59 Å². The van der Waals surface area contributed by atoms with E-state index in [1.807, 2.05) is 48.5 Å². The van der Waals surface area contributed by atoms with Crippen molar-refractivity contribution in [1.29, 1.82) is 0 Å². The molecule has 1 aliphatic carbocycles. The molecule has 1 atom stereocenters. The Morgan fingerprint density at radius 2 is 1.70 bits per heavy atom. The van der Waals surface area contributed by atoms with Crippen LogP contribution in [0.25, 0.3) is 10.9 Å². The average Bonchev–Trinajstić information content (AvgIpc) is 2.82. The third-order valence-corrected chi connectivity index (χ3v) is 5.85. The van der Waals surface area contributed by atoms with Crippen molar-refractivity contribution in [2.45, 2.75) is 44.1 Å². The molecule has 1 aliphatic rings. The van der Waals surface area contributed by atoms with Crippen LogP contribution in [-0.4, -0.2) is 24.0 Å². The molecule has 1 fully saturated rings. The summed E-state index contributed by atoms with van der Waals surface area (Å²) in [5.41, 5.74) is 3.00. The minimum absolute atomic E-state index is 0.301. The zero-order chi connectivity index (χ0) is 20.9. The lowest BCUT2D eigenvalue weighted by atomic mass is 9.86.